The third-order valence-corrected chi connectivity index (χ3v) is 5.52. The number of alkyl halides is 1. The second kappa shape index (κ2) is 5.93. The second-order valence-corrected chi connectivity index (χ2v) is 7.40. The number of ether oxygens (including phenoxy) is 1. The van der Waals surface area contributed by atoms with E-state index in [9.17, 15) is 8.42 Å². The van der Waals surface area contributed by atoms with Gasteiger partial charge in [0.1, 0.15) is 10.4 Å². The van der Waals surface area contributed by atoms with Gasteiger partial charge in [0, 0.05) is 5.69 Å². The third-order valence-electron chi connectivity index (χ3n) is 2.88. The van der Waals surface area contributed by atoms with E-state index in [1.807, 2.05) is 0 Å². The lowest BCUT2D eigenvalue weighted by molar-refractivity contribution is 0.210. The summed E-state index contributed by atoms with van der Waals surface area (Å²) in [4.78, 5) is 0. The first kappa shape index (κ1) is 13.7. The van der Waals surface area contributed by atoms with Crippen LogP contribution in [0.1, 0.15) is 25.7 Å². The largest absolute Gasteiger partial charge is 0.490 e. The van der Waals surface area contributed by atoms with Crippen LogP contribution in [0, 0.1) is 0 Å². The maximum absolute atomic E-state index is 11.3. The first-order chi connectivity index (χ1) is 8.59. The van der Waals surface area contributed by atoms with E-state index in [1.165, 1.54) is 12.8 Å². The topological polar surface area (TPSA) is 55.4 Å². The quantitative estimate of drug-likeness (QED) is 0.842. The molecule has 2 rings (SSSR count). The summed E-state index contributed by atoms with van der Waals surface area (Å²) in [6.45, 7) is 0. The summed E-state index contributed by atoms with van der Waals surface area (Å²) < 4.78 is 30.8. The summed E-state index contributed by atoms with van der Waals surface area (Å²) in [5, 5.41) is 0. The molecule has 0 aliphatic heterocycles. The van der Waals surface area contributed by atoms with Gasteiger partial charge in [0.05, 0.1) is 6.10 Å². The summed E-state index contributed by atoms with van der Waals surface area (Å²) in [5.41, 5.74) is 0.549. The maximum atomic E-state index is 11.3. The lowest BCUT2D eigenvalue weighted by Gasteiger charge is -2.13. The molecule has 0 saturated heterocycles. The molecular weight excluding hydrogens is 318 g/mol. The predicted octanol–water partition coefficient (Wildman–Crippen LogP) is 3.10. The van der Waals surface area contributed by atoms with Crippen LogP contribution in [0.15, 0.2) is 24.3 Å². The fraction of sp³-hybridized carbons (Fsp3) is 0.500. The number of hydrogen-bond donors (Lipinski definition) is 1. The number of hydrogen-bond acceptors (Lipinski definition) is 3. The molecule has 1 N–H and O–H groups in total. The van der Waals surface area contributed by atoms with Crippen LogP contribution in [0.2, 0.25) is 0 Å². The van der Waals surface area contributed by atoms with Crippen molar-refractivity contribution >= 4 is 31.6 Å². The molecule has 0 radical (unpaired) electrons. The fourth-order valence-electron chi connectivity index (χ4n) is 2.01. The van der Waals surface area contributed by atoms with Gasteiger partial charge in [-0.15, -0.1) is 0 Å². The summed E-state index contributed by atoms with van der Waals surface area (Å²) >= 11 is 2.93. The number of rotatable bonds is 5. The molecule has 1 aromatic rings. The maximum Gasteiger partial charge on any atom is 0.242 e. The molecule has 0 amide bonds. The van der Waals surface area contributed by atoms with Crippen LogP contribution in [-0.2, 0) is 10.0 Å². The molecule has 1 fully saturated rings. The summed E-state index contributed by atoms with van der Waals surface area (Å²) in [7, 11) is -3.28. The van der Waals surface area contributed by atoms with E-state index in [-0.39, 0.29) is 4.66 Å². The minimum absolute atomic E-state index is 0.111. The van der Waals surface area contributed by atoms with E-state index in [2.05, 4.69) is 20.7 Å². The van der Waals surface area contributed by atoms with Gasteiger partial charge in [0.2, 0.25) is 10.0 Å². The number of sulfonamides is 1. The molecular formula is C12H16BrNO3S. The van der Waals surface area contributed by atoms with Crippen molar-refractivity contribution in [2.75, 3.05) is 9.38 Å². The van der Waals surface area contributed by atoms with Crippen molar-refractivity contribution in [3.8, 4) is 5.75 Å². The molecule has 0 aromatic heterocycles. The Hall–Kier alpha value is -0.750. The van der Waals surface area contributed by atoms with E-state index in [4.69, 9.17) is 4.74 Å². The molecule has 6 heteroatoms. The molecule has 18 heavy (non-hydrogen) atoms. The molecule has 1 aromatic carbocycles. The lowest BCUT2D eigenvalue weighted by Crippen LogP contribution is -2.13. The zero-order valence-electron chi connectivity index (χ0n) is 9.93. The Kier molecular flexibility index (Phi) is 4.50. The molecule has 0 spiro atoms. The van der Waals surface area contributed by atoms with Crippen LogP contribution in [-0.4, -0.2) is 19.2 Å². The Morgan fingerprint density at radius 3 is 2.39 bits per heavy atom. The number of halogens is 1. The summed E-state index contributed by atoms with van der Waals surface area (Å²) in [5.74, 6) is 0.795. The van der Waals surface area contributed by atoms with E-state index in [1.54, 1.807) is 24.3 Å². The first-order valence-corrected chi connectivity index (χ1v) is 8.69. The average Bonchev–Trinajstić information content (AvgIpc) is 2.84. The van der Waals surface area contributed by atoms with Crippen molar-refractivity contribution in [3.63, 3.8) is 0 Å². The molecule has 0 atom stereocenters. The van der Waals surface area contributed by atoms with Crippen molar-refractivity contribution in [2.45, 2.75) is 31.8 Å². The minimum Gasteiger partial charge on any atom is -0.490 e. The molecule has 4 nitrogen and oxygen atoms in total. The molecule has 0 heterocycles. The van der Waals surface area contributed by atoms with Crippen molar-refractivity contribution in [1.29, 1.82) is 0 Å². The van der Waals surface area contributed by atoms with Gasteiger partial charge in [-0.25, -0.2) is 8.42 Å². The van der Waals surface area contributed by atoms with Crippen LogP contribution in [0.4, 0.5) is 5.69 Å². The van der Waals surface area contributed by atoms with Crippen LogP contribution in [0.25, 0.3) is 0 Å². The minimum atomic E-state index is -3.28. The molecule has 1 aliphatic carbocycles. The fourth-order valence-corrected chi connectivity index (χ4v) is 2.90. The van der Waals surface area contributed by atoms with Crippen molar-refractivity contribution < 1.29 is 13.2 Å². The summed E-state index contributed by atoms with van der Waals surface area (Å²) in [6, 6.07) is 7.02. The van der Waals surface area contributed by atoms with Gasteiger partial charge in [-0.2, -0.15) is 0 Å². The van der Waals surface area contributed by atoms with Crippen LogP contribution in [0.5, 0.6) is 5.75 Å². The molecule has 1 aliphatic rings. The van der Waals surface area contributed by atoms with Gasteiger partial charge in [-0.3, -0.25) is 4.72 Å². The van der Waals surface area contributed by atoms with Crippen molar-refractivity contribution in [3.05, 3.63) is 24.3 Å². The normalized spacial score (nSPS) is 16.7. The Labute approximate surface area is 116 Å². The number of benzene rings is 1. The van der Waals surface area contributed by atoms with Crippen LogP contribution >= 0.6 is 15.9 Å². The zero-order chi connectivity index (χ0) is 13.0. The third kappa shape index (κ3) is 3.88. The first-order valence-electron chi connectivity index (χ1n) is 5.92. The predicted molar refractivity (Wildman–Crippen MR) is 75.7 cm³/mol. The average molecular weight is 334 g/mol. The highest BCUT2D eigenvalue weighted by Gasteiger charge is 2.16. The van der Waals surface area contributed by atoms with E-state index >= 15 is 0 Å². The highest BCUT2D eigenvalue weighted by atomic mass is 79.9. The Balaban J connectivity index is 1.96. The lowest BCUT2D eigenvalue weighted by atomic mass is 10.3. The Morgan fingerprint density at radius 2 is 1.83 bits per heavy atom. The van der Waals surface area contributed by atoms with E-state index in [0.717, 1.165) is 18.6 Å². The van der Waals surface area contributed by atoms with Gasteiger partial charge in [0.25, 0.3) is 0 Å². The number of anilines is 1. The summed E-state index contributed by atoms with van der Waals surface area (Å²) in [6.07, 6.45) is 4.99. The molecule has 0 bridgehead atoms. The van der Waals surface area contributed by atoms with E-state index < -0.39 is 10.0 Å². The standard InChI is InChI=1S/C12H16BrNO3S/c13-9-18(15,16)14-10-5-7-12(8-6-10)17-11-3-1-2-4-11/h5-8,11,14H,1-4,9H2. The van der Waals surface area contributed by atoms with Crippen molar-refractivity contribution in [2.24, 2.45) is 0 Å². The second-order valence-electron chi connectivity index (χ2n) is 4.37. The van der Waals surface area contributed by atoms with Crippen LogP contribution < -0.4 is 9.46 Å². The van der Waals surface area contributed by atoms with Gasteiger partial charge >= 0.3 is 0 Å². The van der Waals surface area contributed by atoms with Gasteiger partial charge in [0.15, 0.2) is 0 Å². The molecule has 100 valence electrons. The van der Waals surface area contributed by atoms with Crippen molar-refractivity contribution in [1.82, 2.24) is 0 Å². The highest BCUT2D eigenvalue weighted by molar-refractivity contribution is 9.10. The van der Waals surface area contributed by atoms with Gasteiger partial charge in [-0.1, -0.05) is 15.9 Å². The smallest absolute Gasteiger partial charge is 0.242 e. The van der Waals surface area contributed by atoms with Crippen LogP contribution in [0.3, 0.4) is 0 Å². The Bertz CT molecular complexity index is 481. The zero-order valence-corrected chi connectivity index (χ0v) is 12.3. The van der Waals surface area contributed by atoms with Gasteiger partial charge < -0.3 is 4.74 Å². The molecule has 0 unspecified atom stereocenters. The molecule has 1 saturated carbocycles. The van der Waals surface area contributed by atoms with Gasteiger partial charge in [-0.05, 0) is 49.9 Å². The monoisotopic (exact) mass is 333 g/mol. The highest BCUT2D eigenvalue weighted by Crippen LogP contribution is 2.25. The van der Waals surface area contributed by atoms with E-state index in [0.29, 0.717) is 11.8 Å². The SMILES string of the molecule is O=S(=O)(CBr)Nc1ccc(OC2CCCC2)cc1. The number of nitrogens with one attached hydrogen (secondary N) is 1. The Morgan fingerprint density at radius 1 is 1.22 bits per heavy atom.